The minimum atomic E-state index is -0.0674. The van der Waals surface area contributed by atoms with Crippen LogP contribution >= 0.6 is 0 Å². The number of urea groups is 1. The second kappa shape index (κ2) is 6.48. The van der Waals surface area contributed by atoms with Crippen LogP contribution in [0.3, 0.4) is 0 Å². The van der Waals surface area contributed by atoms with Crippen LogP contribution in [-0.2, 0) is 6.42 Å². The normalized spacial score (nSPS) is 14.2. The number of hydrogen-bond acceptors (Lipinski definition) is 2. The van der Waals surface area contributed by atoms with Crippen molar-refractivity contribution in [3.8, 4) is 0 Å². The topological polar surface area (TPSA) is 52.6 Å². The molecule has 4 nitrogen and oxygen atoms in total. The van der Waals surface area contributed by atoms with Gasteiger partial charge in [0.1, 0.15) is 0 Å². The summed E-state index contributed by atoms with van der Waals surface area (Å²) in [6, 6.07) is 6.27. The molecule has 1 aliphatic heterocycles. The number of nitrogens with zero attached hydrogens (tertiary/aromatic N) is 1. The molecule has 0 saturated heterocycles. The summed E-state index contributed by atoms with van der Waals surface area (Å²) in [4.78, 5) is 14.1. The number of fused-ring (bicyclic) bond motifs is 1. The number of aryl methyl sites for hydroxylation is 1. The van der Waals surface area contributed by atoms with Gasteiger partial charge >= 0.3 is 6.03 Å². The standard InChI is InChI=1S/C17H26N2O2/c1-13-5-6-14-7-10-19(15(14)11-13)16(21)18-9-4-8-17(2,3)12-20/h5-6,11,20H,4,7-10,12H2,1-3H3,(H,18,21). The number of anilines is 1. The number of rotatable bonds is 5. The summed E-state index contributed by atoms with van der Waals surface area (Å²) in [6.07, 6.45) is 2.72. The Morgan fingerprint density at radius 3 is 2.90 bits per heavy atom. The number of aliphatic hydroxyl groups excluding tert-OH is 1. The van der Waals surface area contributed by atoms with Gasteiger partial charge in [-0.1, -0.05) is 26.0 Å². The van der Waals surface area contributed by atoms with Gasteiger partial charge in [-0.3, -0.25) is 4.90 Å². The van der Waals surface area contributed by atoms with Crippen LogP contribution in [0, 0.1) is 12.3 Å². The van der Waals surface area contributed by atoms with Crippen molar-refractivity contribution in [2.75, 3.05) is 24.6 Å². The van der Waals surface area contributed by atoms with E-state index in [0.717, 1.165) is 31.5 Å². The van der Waals surface area contributed by atoms with E-state index in [-0.39, 0.29) is 18.1 Å². The van der Waals surface area contributed by atoms with Gasteiger partial charge in [-0.2, -0.15) is 0 Å². The third-order valence-corrected chi connectivity index (χ3v) is 4.12. The van der Waals surface area contributed by atoms with Crippen molar-refractivity contribution >= 4 is 11.7 Å². The van der Waals surface area contributed by atoms with E-state index in [1.54, 1.807) is 0 Å². The average Bonchev–Trinajstić information content (AvgIpc) is 2.86. The summed E-state index contributed by atoms with van der Waals surface area (Å²) in [5, 5.41) is 12.2. The molecule has 0 radical (unpaired) electrons. The van der Waals surface area contributed by atoms with Crippen LogP contribution in [0.5, 0.6) is 0 Å². The fraction of sp³-hybridized carbons (Fsp3) is 0.588. The van der Waals surface area contributed by atoms with Gasteiger partial charge in [0.05, 0.1) is 0 Å². The predicted molar refractivity (Wildman–Crippen MR) is 85.7 cm³/mol. The highest BCUT2D eigenvalue weighted by Crippen LogP contribution is 2.28. The lowest BCUT2D eigenvalue weighted by Gasteiger charge is -2.22. The number of hydrogen-bond donors (Lipinski definition) is 2. The fourth-order valence-corrected chi connectivity index (χ4v) is 2.64. The van der Waals surface area contributed by atoms with Crippen molar-refractivity contribution in [2.24, 2.45) is 5.41 Å². The lowest BCUT2D eigenvalue weighted by atomic mass is 9.89. The Morgan fingerprint density at radius 2 is 2.19 bits per heavy atom. The van der Waals surface area contributed by atoms with Crippen LogP contribution in [0.2, 0.25) is 0 Å². The van der Waals surface area contributed by atoms with Gasteiger partial charge in [0.2, 0.25) is 0 Å². The highest BCUT2D eigenvalue weighted by molar-refractivity contribution is 5.94. The molecule has 21 heavy (non-hydrogen) atoms. The fourth-order valence-electron chi connectivity index (χ4n) is 2.64. The molecule has 0 saturated carbocycles. The van der Waals surface area contributed by atoms with Gasteiger partial charge in [0, 0.05) is 25.4 Å². The first-order valence-electron chi connectivity index (χ1n) is 7.69. The van der Waals surface area contributed by atoms with Crippen molar-refractivity contribution in [3.05, 3.63) is 29.3 Å². The third-order valence-electron chi connectivity index (χ3n) is 4.12. The molecule has 0 atom stereocenters. The SMILES string of the molecule is Cc1ccc2c(c1)N(C(=O)NCCCC(C)(C)CO)CC2. The molecule has 1 heterocycles. The van der Waals surface area contributed by atoms with E-state index in [1.807, 2.05) is 25.7 Å². The molecule has 4 heteroatoms. The van der Waals surface area contributed by atoms with Crippen LogP contribution in [0.15, 0.2) is 18.2 Å². The second-order valence-electron chi connectivity index (χ2n) is 6.69. The molecule has 0 aliphatic carbocycles. The molecule has 0 fully saturated rings. The van der Waals surface area contributed by atoms with Gasteiger partial charge in [-0.15, -0.1) is 0 Å². The maximum atomic E-state index is 12.3. The molecule has 2 N–H and O–H groups in total. The molecule has 0 spiro atoms. The summed E-state index contributed by atoms with van der Waals surface area (Å²) in [5.74, 6) is 0. The highest BCUT2D eigenvalue weighted by Gasteiger charge is 2.24. The summed E-state index contributed by atoms with van der Waals surface area (Å²) < 4.78 is 0. The molecule has 2 rings (SSSR count). The van der Waals surface area contributed by atoms with Gasteiger partial charge in [0.15, 0.2) is 0 Å². The quantitative estimate of drug-likeness (QED) is 0.819. The molecular weight excluding hydrogens is 264 g/mol. The number of carbonyl (C=O) groups is 1. The largest absolute Gasteiger partial charge is 0.396 e. The zero-order valence-corrected chi connectivity index (χ0v) is 13.3. The zero-order chi connectivity index (χ0) is 15.5. The van der Waals surface area contributed by atoms with Gasteiger partial charge in [-0.25, -0.2) is 4.79 Å². The molecule has 1 aromatic rings. The number of amides is 2. The van der Waals surface area contributed by atoms with Crippen molar-refractivity contribution in [3.63, 3.8) is 0 Å². The van der Waals surface area contributed by atoms with Crippen LogP contribution in [-0.4, -0.2) is 30.8 Å². The molecule has 2 amide bonds. The Morgan fingerprint density at radius 1 is 1.43 bits per heavy atom. The smallest absolute Gasteiger partial charge is 0.321 e. The third kappa shape index (κ3) is 3.97. The molecular formula is C17H26N2O2. The van der Waals surface area contributed by atoms with E-state index in [2.05, 4.69) is 23.5 Å². The van der Waals surface area contributed by atoms with Gasteiger partial charge in [-0.05, 0) is 48.8 Å². The summed E-state index contributed by atoms with van der Waals surface area (Å²) in [5.41, 5.74) is 3.40. The van der Waals surface area contributed by atoms with Crippen molar-refractivity contribution in [1.82, 2.24) is 5.32 Å². The Labute approximate surface area is 127 Å². The van der Waals surface area contributed by atoms with Crippen LogP contribution in [0.1, 0.15) is 37.8 Å². The Kier molecular flexibility index (Phi) is 4.88. The van der Waals surface area contributed by atoms with E-state index >= 15 is 0 Å². The van der Waals surface area contributed by atoms with Crippen molar-refractivity contribution < 1.29 is 9.90 Å². The molecule has 1 aliphatic rings. The summed E-state index contributed by atoms with van der Waals surface area (Å²) in [7, 11) is 0. The number of nitrogens with one attached hydrogen (secondary N) is 1. The maximum absolute atomic E-state index is 12.3. The van der Waals surface area contributed by atoms with Crippen LogP contribution in [0.4, 0.5) is 10.5 Å². The van der Waals surface area contributed by atoms with E-state index in [1.165, 1.54) is 11.1 Å². The lowest BCUT2D eigenvalue weighted by molar-refractivity contribution is 0.148. The van der Waals surface area contributed by atoms with E-state index < -0.39 is 0 Å². The molecule has 1 aromatic carbocycles. The minimum Gasteiger partial charge on any atom is -0.396 e. The van der Waals surface area contributed by atoms with E-state index in [0.29, 0.717) is 6.54 Å². The van der Waals surface area contributed by atoms with Crippen molar-refractivity contribution in [1.29, 1.82) is 0 Å². The first-order chi connectivity index (χ1) is 9.93. The summed E-state index contributed by atoms with van der Waals surface area (Å²) >= 11 is 0. The molecule has 0 bridgehead atoms. The highest BCUT2D eigenvalue weighted by atomic mass is 16.3. The number of carbonyl (C=O) groups excluding carboxylic acids is 1. The van der Waals surface area contributed by atoms with Crippen LogP contribution in [0.25, 0.3) is 0 Å². The Hall–Kier alpha value is -1.55. The second-order valence-corrected chi connectivity index (χ2v) is 6.69. The van der Waals surface area contributed by atoms with Crippen LogP contribution < -0.4 is 10.2 Å². The zero-order valence-electron chi connectivity index (χ0n) is 13.3. The predicted octanol–water partition coefficient (Wildman–Crippen LogP) is 2.87. The first kappa shape index (κ1) is 15.8. The minimum absolute atomic E-state index is 0.0128. The molecule has 116 valence electrons. The Balaban J connectivity index is 1.85. The Bertz CT molecular complexity index is 512. The number of benzene rings is 1. The molecule has 0 unspecified atom stereocenters. The molecule has 0 aromatic heterocycles. The van der Waals surface area contributed by atoms with E-state index in [4.69, 9.17) is 0 Å². The van der Waals surface area contributed by atoms with Gasteiger partial charge < -0.3 is 10.4 Å². The van der Waals surface area contributed by atoms with E-state index in [9.17, 15) is 9.90 Å². The lowest BCUT2D eigenvalue weighted by Crippen LogP contribution is -2.39. The van der Waals surface area contributed by atoms with Crippen molar-refractivity contribution in [2.45, 2.75) is 40.0 Å². The maximum Gasteiger partial charge on any atom is 0.321 e. The first-order valence-corrected chi connectivity index (χ1v) is 7.69. The summed E-state index contributed by atoms with van der Waals surface area (Å²) in [6.45, 7) is 7.71. The number of aliphatic hydroxyl groups is 1. The average molecular weight is 290 g/mol. The monoisotopic (exact) mass is 290 g/mol. The van der Waals surface area contributed by atoms with Gasteiger partial charge in [0.25, 0.3) is 0 Å².